The average molecular weight is 66.9 g/mol. The molecule has 0 radical (unpaired) electrons. The standard InChI is InChI=1S/CH2BN3/c1-2-4-5-3/h1H2. The van der Waals surface area contributed by atoms with Crippen molar-refractivity contribution in [2.45, 2.75) is 0 Å². The zero-order valence-electron chi connectivity index (χ0n) is 2.63. The Morgan fingerprint density at radius 3 is 2.60 bits per heavy atom. The van der Waals surface area contributed by atoms with Crippen molar-refractivity contribution in [2.75, 3.05) is 0 Å². The fourth-order valence-electron chi connectivity index (χ4n) is 0.0365. The fourth-order valence-corrected chi connectivity index (χ4v) is 0.0365. The second-order valence-electron chi connectivity index (χ2n) is 0.387. The normalized spacial score (nSPS) is 4.00. The first kappa shape index (κ1) is 4.24. The van der Waals surface area contributed by atoms with Crippen LogP contribution in [-0.4, -0.2) is 13.5 Å². The fraction of sp³-hybridized carbons (Fsp3) is 0. The van der Waals surface area contributed by atoms with Crippen LogP contribution < -0.4 is 0 Å². The summed E-state index contributed by atoms with van der Waals surface area (Å²) < 4.78 is 0. The van der Waals surface area contributed by atoms with Crippen molar-refractivity contribution in [1.29, 1.82) is 0 Å². The van der Waals surface area contributed by atoms with Crippen molar-refractivity contribution in [3.05, 3.63) is 10.4 Å². The molecule has 0 aliphatic carbocycles. The van der Waals surface area contributed by atoms with Crippen LogP contribution >= 0.6 is 0 Å². The molecule has 0 aliphatic heterocycles. The van der Waals surface area contributed by atoms with E-state index in [0.29, 0.717) is 0 Å². The molecule has 0 N–H and O–H groups in total. The minimum atomic E-state index is 1.14. The van der Waals surface area contributed by atoms with Gasteiger partial charge in [-0.15, -0.1) is 0 Å². The Bertz CT molecular complexity index is 71.0. The topological polar surface area (TPSA) is 48.8 Å². The van der Waals surface area contributed by atoms with E-state index in [1.807, 2.05) is 0 Å². The Morgan fingerprint density at radius 2 is 2.60 bits per heavy atom. The molecule has 24 valence electrons. The quantitative estimate of drug-likeness (QED) is 0.184. The van der Waals surface area contributed by atoms with Gasteiger partial charge >= 0.3 is 29.0 Å². The van der Waals surface area contributed by atoms with Gasteiger partial charge in [0.15, 0.2) is 0 Å². The number of nitrogens with zero attached hydrogens (tertiary/aromatic N) is 3. The van der Waals surface area contributed by atoms with E-state index in [2.05, 4.69) is 16.4 Å². The molecule has 0 aliphatic rings. The summed E-state index contributed by atoms with van der Waals surface area (Å²) in [6, 6.07) is 0. The van der Waals surface area contributed by atoms with E-state index in [9.17, 15) is 0 Å². The Labute approximate surface area is 30.2 Å². The van der Waals surface area contributed by atoms with Crippen LogP contribution in [-0.2, 0) is 0 Å². The van der Waals surface area contributed by atoms with E-state index in [1.165, 1.54) is 0 Å². The molecular formula is CH2BN3. The van der Waals surface area contributed by atoms with Crippen molar-refractivity contribution in [3.63, 3.8) is 0 Å². The second-order valence-corrected chi connectivity index (χ2v) is 0.387. The molecule has 4 heteroatoms. The summed E-state index contributed by atoms with van der Waals surface area (Å²) >= 11 is 0. The summed E-state index contributed by atoms with van der Waals surface area (Å²) in [5.74, 6) is 0. The molecule has 0 aromatic rings. The van der Waals surface area contributed by atoms with Crippen LogP contribution in [0.5, 0.6) is 0 Å². The summed E-state index contributed by atoms with van der Waals surface area (Å²) in [6.07, 6.45) is 0. The van der Waals surface area contributed by atoms with Gasteiger partial charge in [-0.05, 0) is 0 Å². The number of hydrogen-bond acceptors (Lipinski definition) is 1. The van der Waals surface area contributed by atoms with Gasteiger partial charge in [0.25, 0.3) is 0 Å². The predicted molar refractivity (Wildman–Crippen MR) is 22.0 cm³/mol. The van der Waals surface area contributed by atoms with Crippen molar-refractivity contribution in [3.8, 4) is 0 Å². The molecule has 0 fully saturated rings. The van der Waals surface area contributed by atoms with Crippen LogP contribution in [0.4, 0.5) is 0 Å². The van der Waals surface area contributed by atoms with Crippen LogP contribution in [0.1, 0.15) is 0 Å². The van der Waals surface area contributed by atoms with Gasteiger partial charge in [0.05, 0.1) is 0 Å². The van der Waals surface area contributed by atoms with Crippen molar-refractivity contribution >= 4 is 13.5 Å². The SMILES string of the molecule is C=BN=[N+]=[N-]. The van der Waals surface area contributed by atoms with E-state index in [1.54, 1.807) is 0 Å². The van der Waals surface area contributed by atoms with Crippen molar-refractivity contribution in [2.24, 2.45) is 5.03 Å². The van der Waals surface area contributed by atoms with Crippen molar-refractivity contribution < 1.29 is 0 Å². The number of hydrogen-bond donors (Lipinski definition) is 0. The van der Waals surface area contributed by atoms with Gasteiger partial charge in [-0.3, -0.25) is 0 Å². The van der Waals surface area contributed by atoms with Crippen LogP contribution in [0.25, 0.3) is 10.4 Å². The van der Waals surface area contributed by atoms with E-state index in [-0.39, 0.29) is 0 Å². The van der Waals surface area contributed by atoms with Gasteiger partial charge in [0.1, 0.15) is 0 Å². The third-order valence-corrected chi connectivity index (χ3v) is 0.133. The number of azide groups is 1. The van der Waals surface area contributed by atoms with Gasteiger partial charge in [-0.1, -0.05) is 0 Å². The third kappa shape index (κ3) is 3.24. The summed E-state index contributed by atoms with van der Waals surface area (Å²) in [6.45, 7) is 3.13. The summed E-state index contributed by atoms with van der Waals surface area (Å²) in [5.41, 5.74) is 7.45. The molecule has 0 unspecified atom stereocenters. The molecule has 0 spiro atoms. The van der Waals surface area contributed by atoms with E-state index in [4.69, 9.17) is 5.53 Å². The van der Waals surface area contributed by atoms with Gasteiger partial charge < -0.3 is 0 Å². The molecule has 0 bridgehead atoms. The Hall–Kier alpha value is -0.755. The maximum atomic E-state index is 7.45. The third-order valence-electron chi connectivity index (χ3n) is 0.133. The Balaban J connectivity index is 3.31. The molecule has 0 rings (SSSR count). The average Bonchev–Trinajstić information content (AvgIpc) is 1.41. The van der Waals surface area contributed by atoms with Crippen molar-refractivity contribution in [1.82, 2.24) is 0 Å². The monoisotopic (exact) mass is 67.0 g/mol. The van der Waals surface area contributed by atoms with Gasteiger partial charge in [-0.2, -0.15) is 0 Å². The summed E-state index contributed by atoms with van der Waals surface area (Å²) in [7, 11) is 1.14. The first-order valence-electron chi connectivity index (χ1n) is 1.07. The number of rotatable bonds is 1. The minimum absolute atomic E-state index is 1.14. The molecule has 0 aromatic heterocycles. The maximum absolute atomic E-state index is 7.45. The summed E-state index contributed by atoms with van der Waals surface area (Å²) in [5, 5.41) is 2.92. The van der Waals surface area contributed by atoms with Crippen LogP contribution in [0, 0.1) is 0 Å². The molecule has 0 atom stereocenters. The van der Waals surface area contributed by atoms with E-state index < -0.39 is 0 Å². The summed E-state index contributed by atoms with van der Waals surface area (Å²) in [4.78, 5) is 2.36. The van der Waals surface area contributed by atoms with E-state index >= 15 is 0 Å². The molecular weight excluding hydrogens is 64.8 g/mol. The van der Waals surface area contributed by atoms with Crippen LogP contribution in [0.3, 0.4) is 0 Å². The molecule has 0 saturated heterocycles. The molecule has 0 aromatic carbocycles. The zero-order valence-corrected chi connectivity index (χ0v) is 2.63. The van der Waals surface area contributed by atoms with Crippen LogP contribution in [0.15, 0.2) is 5.03 Å². The molecule has 5 heavy (non-hydrogen) atoms. The zero-order chi connectivity index (χ0) is 4.12. The Kier molecular flexibility index (Phi) is 2.75. The predicted octanol–water partition coefficient (Wildman–Crippen LogP) is 0.348. The van der Waals surface area contributed by atoms with E-state index in [0.717, 1.165) is 7.06 Å². The molecule has 0 saturated carbocycles. The second kappa shape index (κ2) is 3.24. The van der Waals surface area contributed by atoms with Gasteiger partial charge in [0, 0.05) is 0 Å². The van der Waals surface area contributed by atoms with Gasteiger partial charge in [0.2, 0.25) is 0 Å². The first-order chi connectivity index (χ1) is 2.41. The molecule has 3 nitrogen and oxygen atoms in total. The first-order valence-corrected chi connectivity index (χ1v) is 1.07. The van der Waals surface area contributed by atoms with Crippen LogP contribution in [0.2, 0.25) is 0 Å². The molecule has 0 amide bonds. The Morgan fingerprint density at radius 1 is 2.00 bits per heavy atom. The van der Waals surface area contributed by atoms with Gasteiger partial charge in [-0.25, -0.2) is 0 Å². The molecule has 0 heterocycles.